The van der Waals surface area contributed by atoms with Crippen molar-refractivity contribution in [3.05, 3.63) is 65.2 Å². The van der Waals surface area contributed by atoms with E-state index in [9.17, 15) is 14.4 Å². The zero-order valence-corrected chi connectivity index (χ0v) is 10.9. The summed E-state index contributed by atoms with van der Waals surface area (Å²) in [6.07, 6.45) is 0. The molecule has 106 valence electrons. The molecule has 0 aliphatic heterocycles. The number of nitrogens with two attached hydrogens (primary N) is 2. The number of benzene rings is 2. The third-order valence-electron chi connectivity index (χ3n) is 2.73. The van der Waals surface area contributed by atoms with Crippen LogP contribution in [0.4, 0.5) is 0 Å². The number of amides is 2. The summed E-state index contributed by atoms with van der Waals surface area (Å²) in [5.41, 5.74) is 11.0. The van der Waals surface area contributed by atoms with Crippen LogP contribution in [0.25, 0.3) is 0 Å². The van der Waals surface area contributed by atoms with Crippen LogP contribution in [0.3, 0.4) is 0 Å². The molecule has 0 aliphatic rings. The standard InChI is InChI=1S/C15H12N2O4/c16-13(18)9-4-6-10(7-5-9)15(20)21-12-3-1-2-11(8-12)14(17)19/h1-8H,(H2,16,18)(H2,17,19). The summed E-state index contributed by atoms with van der Waals surface area (Å²) in [7, 11) is 0. The molecule has 0 bridgehead atoms. The largest absolute Gasteiger partial charge is 0.423 e. The highest BCUT2D eigenvalue weighted by atomic mass is 16.5. The van der Waals surface area contributed by atoms with Gasteiger partial charge in [0.1, 0.15) is 5.75 Å². The second-order valence-corrected chi connectivity index (χ2v) is 4.22. The van der Waals surface area contributed by atoms with Gasteiger partial charge in [-0.25, -0.2) is 4.79 Å². The first-order valence-electron chi connectivity index (χ1n) is 5.99. The molecule has 0 spiro atoms. The van der Waals surface area contributed by atoms with Crippen LogP contribution in [-0.2, 0) is 0 Å². The van der Waals surface area contributed by atoms with E-state index in [4.69, 9.17) is 16.2 Å². The van der Waals surface area contributed by atoms with E-state index in [0.29, 0.717) is 5.56 Å². The molecule has 0 atom stereocenters. The maximum Gasteiger partial charge on any atom is 0.343 e. The van der Waals surface area contributed by atoms with Crippen LogP contribution in [-0.4, -0.2) is 17.8 Å². The highest BCUT2D eigenvalue weighted by Crippen LogP contribution is 2.15. The van der Waals surface area contributed by atoms with E-state index in [1.54, 1.807) is 6.07 Å². The van der Waals surface area contributed by atoms with Crippen molar-refractivity contribution >= 4 is 17.8 Å². The monoisotopic (exact) mass is 284 g/mol. The van der Waals surface area contributed by atoms with Gasteiger partial charge in [-0.3, -0.25) is 9.59 Å². The van der Waals surface area contributed by atoms with Gasteiger partial charge in [0.2, 0.25) is 11.8 Å². The molecule has 0 aromatic heterocycles. The van der Waals surface area contributed by atoms with Crippen LogP contribution in [0.5, 0.6) is 5.75 Å². The SMILES string of the molecule is NC(=O)c1ccc(C(=O)Oc2cccc(C(N)=O)c2)cc1. The van der Waals surface area contributed by atoms with E-state index in [1.807, 2.05) is 0 Å². The van der Waals surface area contributed by atoms with Crippen molar-refractivity contribution in [1.82, 2.24) is 0 Å². The van der Waals surface area contributed by atoms with Crippen molar-refractivity contribution in [3.8, 4) is 5.75 Å². The van der Waals surface area contributed by atoms with E-state index in [-0.39, 0.29) is 16.9 Å². The fourth-order valence-corrected chi connectivity index (χ4v) is 1.65. The first-order chi connectivity index (χ1) is 9.97. The summed E-state index contributed by atoms with van der Waals surface area (Å²) >= 11 is 0. The van der Waals surface area contributed by atoms with Gasteiger partial charge in [0.15, 0.2) is 0 Å². The fraction of sp³-hybridized carbons (Fsp3) is 0. The Morgan fingerprint density at radius 3 is 1.90 bits per heavy atom. The predicted molar refractivity (Wildman–Crippen MR) is 74.9 cm³/mol. The minimum absolute atomic E-state index is 0.204. The van der Waals surface area contributed by atoms with Crippen molar-refractivity contribution < 1.29 is 19.1 Å². The van der Waals surface area contributed by atoms with Gasteiger partial charge in [-0.15, -0.1) is 0 Å². The van der Waals surface area contributed by atoms with Gasteiger partial charge in [0.05, 0.1) is 5.56 Å². The first-order valence-corrected chi connectivity index (χ1v) is 5.99. The summed E-state index contributed by atoms with van der Waals surface area (Å²) in [6, 6.07) is 11.7. The molecule has 6 nitrogen and oxygen atoms in total. The maximum absolute atomic E-state index is 11.9. The lowest BCUT2D eigenvalue weighted by Crippen LogP contribution is -2.13. The number of rotatable bonds is 4. The summed E-state index contributed by atoms with van der Waals surface area (Å²) in [5.74, 6) is -1.61. The molecule has 2 aromatic rings. The summed E-state index contributed by atoms with van der Waals surface area (Å²) in [6.45, 7) is 0. The van der Waals surface area contributed by atoms with Gasteiger partial charge < -0.3 is 16.2 Å². The number of primary amides is 2. The van der Waals surface area contributed by atoms with Gasteiger partial charge in [-0.05, 0) is 42.5 Å². The van der Waals surface area contributed by atoms with E-state index < -0.39 is 17.8 Å². The quantitative estimate of drug-likeness (QED) is 0.646. The number of hydrogen-bond acceptors (Lipinski definition) is 4. The van der Waals surface area contributed by atoms with Gasteiger partial charge in [-0.1, -0.05) is 6.07 Å². The molecule has 4 N–H and O–H groups in total. The fourth-order valence-electron chi connectivity index (χ4n) is 1.65. The predicted octanol–water partition coefficient (Wildman–Crippen LogP) is 1.10. The Morgan fingerprint density at radius 1 is 0.762 bits per heavy atom. The van der Waals surface area contributed by atoms with Crippen LogP contribution < -0.4 is 16.2 Å². The zero-order chi connectivity index (χ0) is 15.4. The molecule has 2 amide bonds. The van der Waals surface area contributed by atoms with E-state index in [2.05, 4.69) is 0 Å². The Hall–Kier alpha value is -3.15. The van der Waals surface area contributed by atoms with Gasteiger partial charge >= 0.3 is 5.97 Å². The van der Waals surface area contributed by atoms with Crippen molar-refractivity contribution in [2.24, 2.45) is 11.5 Å². The molecule has 6 heteroatoms. The minimum atomic E-state index is -0.618. The minimum Gasteiger partial charge on any atom is -0.423 e. The molecule has 21 heavy (non-hydrogen) atoms. The van der Waals surface area contributed by atoms with Crippen LogP contribution in [0.15, 0.2) is 48.5 Å². The average Bonchev–Trinajstić information content (AvgIpc) is 2.47. The van der Waals surface area contributed by atoms with Crippen molar-refractivity contribution in [1.29, 1.82) is 0 Å². The Labute approximate surface area is 120 Å². The molecule has 2 aromatic carbocycles. The smallest absolute Gasteiger partial charge is 0.343 e. The average molecular weight is 284 g/mol. The molecule has 0 heterocycles. The molecule has 0 saturated carbocycles. The van der Waals surface area contributed by atoms with Crippen molar-refractivity contribution in [3.63, 3.8) is 0 Å². The Balaban J connectivity index is 2.16. The van der Waals surface area contributed by atoms with E-state index in [0.717, 1.165) is 0 Å². The lowest BCUT2D eigenvalue weighted by molar-refractivity contribution is 0.0733. The molecule has 0 fully saturated rings. The Kier molecular flexibility index (Phi) is 3.99. The van der Waals surface area contributed by atoms with Crippen LogP contribution in [0, 0.1) is 0 Å². The second kappa shape index (κ2) is 5.87. The number of carbonyl (C=O) groups is 3. The van der Waals surface area contributed by atoms with Crippen molar-refractivity contribution in [2.75, 3.05) is 0 Å². The lowest BCUT2D eigenvalue weighted by atomic mass is 10.1. The number of carbonyl (C=O) groups excluding carboxylic acids is 3. The molecule has 0 radical (unpaired) electrons. The van der Waals surface area contributed by atoms with Gasteiger partial charge in [0, 0.05) is 11.1 Å². The highest BCUT2D eigenvalue weighted by molar-refractivity contribution is 5.96. The van der Waals surface area contributed by atoms with E-state index in [1.165, 1.54) is 42.5 Å². The summed E-state index contributed by atoms with van der Waals surface area (Å²) in [4.78, 5) is 33.9. The second-order valence-electron chi connectivity index (χ2n) is 4.22. The lowest BCUT2D eigenvalue weighted by Gasteiger charge is -2.05. The summed E-state index contributed by atoms with van der Waals surface area (Å²) in [5, 5.41) is 0. The zero-order valence-electron chi connectivity index (χ0n) is 10.9. The topological polar surface area (TPSA) is 112 Å². The number of esters is 1. The van der Waals surface area contributed by atoms with Crippen LogP contribution >= 0.6 is 0 Å². The third-order valence-corrected chi connectivity index (χ3v) is 2.73. The number of ether oxygens (including phenoxy) is 1. The Bertz CT molecular complexity index is 708. The van der Waals surface area contributed by atoms with E-state index >= 15 is 0 Å². The molecule has 2 rings (SSSR count). The molecular weight excluding hydrogens is 272 g/mol. The van der Waals surface area contributed by atoms with Gasteiger partial charge in [0.25, 0.3) is 0 Å². The Morgan fingerprint density at radius 2 is 1.33 bits per heavy atom. The molecule has 0 aliphatic carbocycles. The summed E-state index contributed by atoms with van der Waals surface area (Å²) < 4.78 is 5.13. The van der Waals surface area contributed by atoms with Crippen LogP contribution in [0.1, 0.15) is 31.1 Å². The highest BCUT2D eigenvalue weighted by Gasteiger charge is 2.10. The molecule has 0 saturated heterocycles. The van der Waals surface area contributed by atoms with Gasteiger partial charge in [-0.2, -0.15) is 0 Å². The van der Waals surface area contributed by atoms with Crippen molar-refractivity contribution in [2.45, 2.75) is 0 Å². The number of hydrogen-bond donors (Lipinski definition) is 2. The maximum atomic E-state index is 11.9. The third kappa shape index (κ3) is 3.44. The molecular formula is C15H12N2O4. The normalized spacial score (nSPS) is 9.90. The molecule has 0 unspecified atom stereocenters. The first kappa shape index (κ1) is 14.3. The van der Waals surface area contributed by atoms with Crippen LogP contribution in [0.2, 0.25) is 0 Å².